The minimum Gasteiger partial charge on any atom is -0.372 e. The maximum Gasteiger partial charge on any atom is 0.321 e. The molecule has 3 heterocycles. The zero-order chi connectivity index (χ0) is 17.8. The van der Waals surface area contributed by atoms with E-state index in [2.05, 4.69) is 10.3 Å². The van der Waals surface area contributed by atoms with E-state index in [0.717, 1.165) is 0 Å². The van der Waals surface area contributed by atoms with E-state index in [0.29, 0.717) is 44.7 Å². The molecule has 1 aromatic rings. The van der Waals surface area contributed by atoms with Crippen LogP contribution in [0.25, 0.3) is 0 Å². The molecule has 2 aliphatic rings. The standard InChI is InChI=1S/C18H26N4O3/c1-13-11-22(12-14(2)25-13)17(23)15-5-8-21(9-6-15)18(24)20-16-4-3-7-19-10-16/h3-4,7,10,13-15H,5-6,8-9,11-12H2,1-2H3,(H,20,24)/t13-,14-/m1/s1. The fourth-order valence-electron chi connectivity index (χ4n) is 3.58. The third-order valence-electron chi connectivity index (χ3n) is 4.78. The van der Waals surface area contributed by atoms with Crippen LogP contribution in [0.5, 0.6) is 0 Å². The number of nitrogens with one attached hydrogen (secondary N) is 1. The molecular formula is C18H26N4O3. The molecule has 0 spiro atoms. The molecule has 7 nitrogen and oxygen atoms in total. The van der Waals surface area contributed by atoms with Crippen LogP contribution < -0.4 is 5.32 Å². The molecule has 0 aromatic carbocycles. The van der Waals surface area contributed by atoms with Crippen LogP contribution in [0, 0.1) is 5.92 Å². The van der Waals surface area contributed by atoms with Gasteiger partial charge < -0.3 is 19.9 Å². The quantitative estimate of drug-likeness (QED) is 0.888. The van der Waals surface area contributed by atoms with E-state index in [1.165, 1.54) is 0 Å². The van der Waals surface area contributed by atoms with Crippen molar-refractivity contribution in [3.63, 3.8) is 0 Å². The Kier molecular flexibility index (Phi) is 5.53. The number of amides is 3. The molecule has 3 rings (SSSR count). The molecule has 2 fully saturated rings. The Labute approximate surface area is 148 Å². The molecular weight excluding hydrogens is 320 g/mol. The predicted molar refractivity (Wildman–Crippen MR) is 94.1 cm³/mol. The van der Waals surface area contributed by atoms with Gasteiger partial charge in [0, 0.05) is 38.3 Å². The number of piperidine rings is 1. The summed E-state index contributed by atoms with van der Waals surface area (Å²) in [5, 5.41) is 2.84. The summed E-state index contributed by atoms with van der Waals surface area (Å²) in [7, 11) is 0. The van der Waals surface area contributed by atoms with Gasteiger partial charge in [-0.25, -0.2) is 4.79 Å². The second-order valence-corrected chi connectivity index (χ2v) is 6.93. The lowest BCUT2D eigenvalue weighted by Crippen LogP contribution is -2.52. The number of carbonyl (C=O) groups excluding carboxylic acids is 2. The first-order valence-corrected chi connectivity index (χ1v) is 8.93. The minimum atomic E-state index is -0.132. The van der Waals surface area contributed by atoms with Crippen molar-refractivity contribution in [1.29, 1.82) is 0 Å². The summed E-state index contributed by atoms with van der Waals surface area (Å²) in [4.78, 5) is 32.7. The average Bonchev–Trinajstić information content (AvgIpc) is 2.61. The summed E-state index contributed by atoms with van der Waals surface area (Å²) in [5.74, 6) is 0.203. The number of likely N-dealkylation sites (tertiary alicyclic amines) is 1. The van der Waals surface area contributed by atoms with Gasteiger partial charge in [-0.2, -0.15) is 0 Å². The van der Waals surface area contributed by atoms with Crippen LogP contribution in [0.15, 0.2) is 24.5 Å². The summed E-state index contributed by atoms with van der Waals surface area (Å²) < 4.78 is 5.70. The molecule has 1 aromatic heterocycles. The predicted octanol–water partition coefficient (Wildman–Crippen LogP) is 1.96. The molecule has 7 heteroatoms. The number of hydrogen-bond donors (Lipinski definition) is 1. The van der Waals surface area contributed by atoms with Crippen molar-refractivity contribution in [3.8, 4) is 0 Å². The summed E-state index contributed by atoms with van der Waals surface area (Å²) in [6.07, 6.45) is 4.87. The van der Waals surface area contributed by atoms with Crippen molar-refractivity contribution >= 4 is 17.6 Å². The lowest BCUT2D eigenvalue weighted by Gasteiger charge is -2.39. The van der Waals surface area contributed by atoms with Gasteiger partial charge in [-0.1, -0.05) is 0 Å². The van der Waals surface area contributed by atoms with Crippen molar-refractivity contribution in [2.75, 3.05) is 31.5 Å². The summed E-state index contributed by atoms with van der Waals surface area (Å²) in [6.45, 7) is 6.51. The van der Waals surface area contributed by atoms with Crippen LogP contribution in [0.2, 0.25) is 0 Å². The van der Waals surface area contributed by atoms with Gasteiger partial charge in [0.2, 0.25) is 5.91 Å². The van der Waals surface area contributed by atoms with Crippen LogP contribution >= 0.6 is 0 Å². The van der Waals surface area contributed by atoms with Gasteiger partial charge in [0.25, 0.3) is 0 Å². The number of ether oxygens (including phenoxy) is 1. The lowest BCUT2D eigenvalue weighted by molar-refractivity contribution is -0.148. The molecule has 0 bridgehead atoms. The van der Waals surface area contributed by atoms with Gasteiger partial charge in [-0.15, -0.1) is 0 Å². The largest absolute Gasteiger partial charge is 0.372 e. The topological polar surface area (TPSA) is 74.8 Å². The second kappa shape index (κ2) is 7.82. The van der Waals surface area contributed by atoms with E-state index >= 15 is 0 Å². The third kappa shape index (κ3) is 4.48. The maximum absolute atomic E-state index is 12.8. The highest BCUT2D eigenvalue weighted by Crippen LogP contribution is 2.22. The van der Waals surface area contributed by atoms with Gasteiger partial charge >= 0.3 is 6.03 Å². The average molecular weight is 346 g/mol. The highest BCUT2D eigenvalue weighted by atomic mass is 16.5. The van der Waals surface area contributed by atoms with Gasteiger partial charge in [0.15, 0.2) is 0 Å². The Morgan fingerprint density at radius 3 is 2.44 bits per heavy atom. The molecule has 0 unspecified atom stereocenters. The van der Waals surface area contributed by atoms with Crippen LogP contribution in [0.4, 0.5) is 10.5 Å². The number of hydrogen-bond acceptors (Lipinski definition) is 4. The number of urea groups is 1. The highest BCUT2D eigenvalue weighted by molar-refractivity contribution is 5.89. The Hall–Kier alpha value is -2.15. The van der Waals surface area contributed by atoms with Gasteiger partial charge in [-0.3, -0.25) is 9.78 Å². The molecule has 0 saturated carbocycles. The Bertz CT molecular complexity index is 592. The van der Waals surface area contributed by atoms with Crippen molar-refractivity contribution in [3.05, 3.63) is 24.5 Å². The summed E-state index contributed by atoms with van der Waals surface area (Å²) in [5.41, 5.74) is 0.682. The molecule has 0 aliphatic carbocycles. The summed E-state index contributed by atoms with van der Waals surface area (Å²) in [6, 6.07) is 3.46. The highest BCUT2D eigenvalue weighted by Gasteiger charge is 2.33. The van der Waals surface area contributed by atoms with E-state index in [1.54, 1.807) is 23.4 Å². The maximum atomic E-state index is 12.8. The van der Waals surface area contributed by atoms with Crippen molar-refractivity contribution in [2.24, 2.45) is 5.92 Å². The number of anilines is 1. The molecule has 1 N–H and O–H groups in total. The fourth-order valence-corrected chi connectivity index (χ4v) is 3.58. The zero-order valence-corrected chi connectivity index (χ0v) is 14.9. The van der Waals surface area contributed by atoms with Crippen LogP contribution in [-0.2, 0) is 9.53 Å². The SMILES string of the molecule is C[C@@H]1CN(C(=O)C2CCN(C(=O)Nc3cccnc3)CC2)C[C@@H](C)O1. The van der Waals surface area contributed by atoms with Crippen LogP contribution in [0.1, 0.15) is 26.7 Å². The van der Waals surface area contributed by atoms with Gasteiger partial charge in [-0.05, 0) is 38.8 Å². The fraction of sp³-hybridized carbons (Fsp3) is 0.611. The molecule has 2 aliphatic heterocycles. The Morgan fingerprint density at radius 1 is 1.16 bits per heavy atom. The smallest absolute Gasteiger partial charge is 0.321 e. The Morgan fingerprint density at radius 2 is 1.84 bits per heavy atom. The minimum absolute atomic E-state index is 0.0000537. The van der Waals surface area contributed by atoms with Crippen LogP contribution in [0.3, 0.4) is 0 Å². The van der Waals surface area contributed by atoms with E-state index in [9.17, 15) is 9.59 Å². The number of nitrogens with zero attached hydrogens (tertiary/aromatic N) is 3. The molecule has 3 amide bonds. The first kappa shape index (κ1) is 17.7. The molecule has 2 saturated heterocycles. The lowest BCUT2D eigenvalue weighted by atomic mass is 9.95. The molecule has 0 radical (unpaired) electrons. The number of morpholine rings is 1. The molecule has 136 valence electrons. The Balaban J connectivity index is 1.49. The van der Waals surface area contributed by atoms with Crippen LogP contribution in [-0.4, -0.2) is 65.1 Å². The van der Waals surface area contributed by atoms with Crippen molar-refractivity contribution in [1.82, 2.24) is 14.8 Å². The van der Waals surface area contributed by atoms with E-state index in [1.807, 2.05) is 24.8 Å². The third-order valence-corrected chi connectivity index (χ3v) is 4.78. The van der Waals surface area contributed by atoms with Gasteiger partial charge in [0.1, 0.15) is 0 Å². The first-order chi connectivity index (χ1) is 12.0. The number of aromatic nitrogens is 1. The van der Waals surface area contributed by atoms with E-state index in [-0.39, 0.29) is 30.1 Å². The molecule has 25 heavy (non-hydrogen) atoms. The second-order valence-electron chi connectivity index (χ2n) is 6.93. The summed E-state index contributed by atoms with van der Waals surface area (Å²) >= 11 is 0. The first-order valence-electron chi connectivity index (χ1n) is 8.93. The normalized spacial score (nSPS) is 24.9. The van der Waals surface area contributed by atoms with Gasteiger partial charge in [0.05, 0.1) is 24.1 Å². The molecule has 2 atom stereocenters. The van der Waals surface area contributed by atoms with Crippen molar-refractivity contribution < 1.29 is 14.3 Å². The van der Waals surface area contributed by atoms with Crippen molar-refractivity contribution in [2.45, 2.75) is 38.9 Å². The number of rotatable bonds is 2. The van der Waals surface area contributed by atoms with E-state index < -0.39 is 0 Å². The van der Waals surface area contributed by atoms with E-state index in [4.69, 9.17) is 4.74 Å². The monoisotopic (exact) mass is 346 g/mol. The zero-order valence-electron chi connectivity index (χ0n) is 14.9. The number of pyridine rings is 1. The number of carbonyl (C=O) groups is 2.